The van der Waals surface area contributed by atoms with E-state index in [4.69, 9.17) is 0 Å². The Kier molecular flexibility index (Phi) is 6.92. The average Bonchev–Trinajstić information content (AvgIpc) is 2.93. The number of aryl methyl sites for hydroxylation is 1. The highest BCUT2D eigenvalue weighted by atomic mass is 15.0. The van der Waals surface area contributed by atoms with Crippen LogP contribution in [0.5, 0.6) is 0 Å². The minimum absolute atomic E-state index is 0.446. The summed E-state index contributed by atoms with van der Waals surface area (Å²) in [6.07, 6.45) is 21.0. The van der Waals surface area contributed by atoms with Crippen molar-refractivity contribution in [1.29, 1.82) is 0 Å². The SMILES string of the molecule is CCCCCCCC=CC1CCC(C)(C)CC1c1nccn1C. The first-order valence-corrected chi connectivity index (χ1v) is 9.67. The van der Waals surface area contributed by atoms with Crippen LogP contribution >= 0.6 is 0 Å². The van der Waals surface area contributed by atoms with Crippen LogP contribution < -0.4 is 0 Å². The Morgan fingerprint density at radius 1 is 1.26 bits per heavy atom. The van der Waals surface area contributed by atoms with Crippen LogP contribution in [0.25, 0.3) is 0 Å². The highest BCUT2D eigenvalue weighted by molar-refractivity contribution is 5.10. The lowest BCUT2D eigenvalue weighted by Crippen LogP contribution is -2.29. The van der Waals surface area contributed by atoms with Gasteiger partial charge in [-0.3, -0.25) is 0 Å². The zero-order valence-corrected chi connectivity index (χ0v) is 15.7. The van der Waals surface area contributed by atoms with Gasteiger partial charge >= 0.3 is 0 Å². The Morgan fingerprint density at radius 2 is 2.04 bits per heavy atom. The summed E-state index contributed by atoms with van der Waals surface area (Å²) in [6.45, 7) is 7.11. The van der Waals surface area contributed by atoms with Gasteiger partial charge in [-0.1, -0.05) is 58.6 Å². The van der Waals surface area contributed by atoms with E-state index in [1.165, 1.54) is 63.6 Å². The second kappa shape index (κ2) is 8.70. The van der Waals surface area contributed by atoms with E-state index in [1.807, 2.05) is 6.20 Å². The lowest BCUT2D eigenvalue weighted by molar-refractivity contribution is 0.178. The van der Waals surface area contributed by atoms with Crippen LogP contribution in [0, 0.1) is 11.3 Å². The maximum absolute atomic E-state index is 4.66. The molecule has 130 valence electrons. The van der Waals surface area contributed by atoms with Crippen molar-refractivity contribution in [1.82, 2.24) is 9.55 Å². The van der Waals surface area contributed by atoms with Gasteiger partial charge in [0.05, 0.1) is 0 Å². The molecule has 0 bridgehead atoms. The molecule has 23 heavy (non-hydrogen) atoms. The summed E-state index contributed by atoms with van der Waals surface area (Å²) in [5.41, 5.74) is 0.446. The van der Waals surface area contributed by atoms with Gasteiger partial charge in [0.1, 0.15) is 5.82 Å². The van der Waals surface area contributed by atoms with E-state index in [1.54, 1.807) is 0 Å². The number of nitrogens with zero attached hydrogens (tertiary/aromatic N) is 2. The molecule has 0 radical (unpaired) electrons. The van der Waals surface area contributed by atoms with Gasteiger partial charge in [-0.05, 0) is 43.4 Å². The second-order valence-electron chi connectivity index (χ2n) is 8.20. The van der Waals surface area contributed by atoms with Crippen LogP contribution in [0.2, 0.25) is 0 Å². The third-order valence-electron chi connectivity index (χ3n) is 5.49. The first-order chi connectivity index (χ1) is 11.0. The molecule has 2 heteroatoms. The lowest BCUT2D eigenvalue weighted by atomic mass is 9.66. The molecule has 0 aliphatic heterocycles. The van der Waals surface area contributed by atoms with Crippen molar-refractivity contribution in [3.63, 3.8) is 0 Å². The van der Waals surface area contributed by atoms with Gasteiger partial charge in [-0.15, -0.1) is 0 Å². The summed E-state index contributed by atoms with van der Waals surface area (Å²) in [5, 5.41) is 0. The number of aromatic nitrogens is 2. The van der Waals surface area contributed by atoms with Crippen molar-refractivity contribution in [3.8, 4) is 0 Å². The monoisotopic (exact) mass is 316 g/mol. The second-order valence-corrected chi connectivity index (χ2v) is 8.20. The van der Waals surface area contributed by atoms with Gasteiger partial charge in [-0.25, -0.2) is 4.98 Å². The Morgan fingerprint density at radius 3 is 2.74 bits per heavy atom. The van der Waals surface area contributed by atoms with E-state index >= 15 is 0 Å². The van der Waals surface area contributed by atoms with Crippen molar-refractivity contribution in [2.24, 2.45) is 18.4 Å². The molecule has 1 aromatic heterocycles. The number of imidazole rings is 1. The third kappa shape index (κ3) is 5.51. The van der Waals surface area contributed by atoms with E-state index in [0.29, 0.717) is 17.3 Å². The summed E-state index contributed by atoms with van der Waals surface area (Å²) in [7, 11) is 2.14. The van der Waals surface area contributed by atoms with E-state index in [9.17, 15) is 0 Å². The van der Waals surface area contributed by atoms with Crippen molar-refractivity contribution < 1.29 is 0 Å². The number of unbranched alkanes of at least 4 members (excludes halogenated alkanes) is 5. The molecule has 0 amide bonds. The molecular weight excluding hydrogens is 280 g/mol. The fourth-order valence-electron chi connectivity index (χ4n) is 3.99. The molecule has 0 spiro atoms. The van der Waals surface area contributed by atoms with Crippen LogP contribution in [0.15, 0.2) is 24.5 Å². The van der Waals surface area contributed by atoms with Crippen molar-refractivity contribution in [2.75, 3.05) is 0 Å². The molecule has 0 saturated heterocycles. The number of hydrogen-bond donors (Lipinski definition) is 0. The number of allylic oxidation sites excluding steroid dienone is 2. The van der Waals surface area contributed by atoms with Crippen LogP contribution in [0.1, 0.15) is 90.3 Å². The number of rotatable bonds is 8. The summed E-state index contributed by atoms with van der Waals surface area (Å²) in [5.74, 6) is 2.52. The highest BCUT2D eigenvalue weighted by Gasteiger charge is 2.36. The molecule has 1 heterocycles. The van der Waals surface area contributed by atoms with Gasteiger partial charge in [0.2, 0.25) is 0 Å². The third-order valence-corrected chi connectivity index (χ3v) is 5.49. The summed E-state index contributed by atoms with van der Waals surface area (Å²) < 4.78 is 2.22. The maximum atomic E-state index is 4.66. The Hall–Kier alpha value is -1.05. The van der Waals surface area contributed by atoms with Crippen molar-refractivity contribution in [3.05, 3.63) is 30.4 Å². The normalized spacial score (nSPS) is 24.3. The molecular formula is C21H36N2. The fourth-order valence-corrected chi connectivity index (χ4v) is 3.99. The minimum Gasteiger partial charge on any atom is -0.338 e. The molecule has 0 aromatic carbocycles. The molecule has 2 atom stereocenters. The van der Waals surface area contributed by atoms with E-state index in [0.717, 1.165) is 0 Å². The first kappa shape index (κ1) is 18.3. The van der Waals surface area contributed by atoms with Gasteiger partial charge in [-0.2, -0.15) is 0 Å². The Bertz CT molecular complexity index is 484. The largest absolute Gasteiger partial charge is 0.338 e. The van der Waals surface area contributed by atoms with Crippen LogP contribution in [-0.2, 0) is 7.05 Å². The Labute approximate surface area is 143 Å². The van der Waals surface area contributed by atoms with Crippen LogP contribution in [0.4, 0.5) is 0 Å². The van der Waals surface area contributed by atoms with E-state index in [2.05, 4.69) is 55.7 Å². The molecule has 1 aromatic rings. The van der Waals surface area contributed by atoms with Crippen LogP contribution in [0.3, 0.4) is 0 Å². The minimum atomic E-state index is 0.446. The molecule has 1 fully saturated rings. The maximum Gasteiger partial charge on any atom is 0.112 e. The highest BCUT2D eigenvalue weighted by Crippen LogP contribution is 2.46. The molecule has 1 saturated carbocycles. The van der Waals surface area contributed by atoms with E-state index in [-0.39, 0.29) is 0 Å². The topological polar surface area (TPSA) is 17.8 Å². The molecule has 2 nitrogen and oxygen atoms in total. The van der Waals surface area contributed by atoms with Crippen LogP contribution in [-0.4, -0.2) is 9.55 Å². The standard InChI is InChI=1S/C21H36N2/c1-5-6-7-8-9-10-11-12-18-13-14-21(2,3)17-19(18)20-22-15-16-23(20)4/h11-12,15-16,18-19H,5-10,13-14,17H2,1-4H3. The lowest BCUT2D eigenvalue weighted by Gasteiger charge is -2.39. The van der Waals surface area contributed by atoms with E-state index < -0.39 is 0 Å². The fraction of sp³-hybridized carbons (Fsp3) is 0.762. The molecule has 2 rings (SSSR count). The van der Waals surface area contributed by atoms with Crippen molar-refractivity contribution >= 4 is 0 Å². The zero-order valence-electron chi connectivity index (χ0n) is 15.7. The first-order valence-electron chi connectivity index (χ1n) is 9.67. The van der Waals surface area contributed by atoms with Crippen molar-refractivity contribution in [2.45, 2.75) is 84.5 Å². The summed E-state index contributed by atoms with van der Waals surface area (Å²) in [4.78, 5) is 4.66. The van der Waals surface area contributed by atoms with Gasteiger partial charge in [0, 0.05) is 25.4 Å². The quantitative estimate of drug-likeness (QED) is 0.409. The summed E-state index contributed by atoms with van der Waals surface area (Å²) >= 11 is 0. The Balaban J connectivity index is 1.92. The van der Waals surface area contributed by atoms with Gasteiger partial charge in [0.25, 0.3) is 0 Å². The predicted molar refractivity (Wildman–Crippen MR) is 99.6 cm³/mol. The smallest absolute Gasteiger partial charge is 0.112 e. The molecule has 1 aliphatic rings. The van der Waals surface area contributed by atoms with Gasteiger partial charge in [0.15, 0.2) is 0 Å². The average molecular weight is 317 g/mol. The molecule has 0 N–H and O–H groups in total. The molecule has 1 aliphatic carbocycles. The number of hydrogen-bond acceptors (Lipinski definition) is 1. The van der Waals surface area contributed by atoms with Gasteiger partial charge < -0.3 is 4.57 Å². The summed E-state index contributed by atoms with van der Waals surface area (Å²) in [6, 6.07) is 0. The zero-order chi connectivity index (χ0) is 16.7. The molecule has 2 unspecified atom stereocenters. The predicted octanol–water partition coefficient (Wildman–Crippen LogP) is 6.25.